The van der Waals surface area contributed by atoms with Gasteiger partial charge in [-0.3, -0.25) is 4.99 Å². The van der Waals surface area contributed by atoms with Gasteiger partial charge in [0.15, 0.2) is 17.5 Å². The van der Waals surface area contributed by atoms with Crippen LogP contribution in [0, 0.1) is 5.82 Å². The summed E-state index contributed by atoms with van der Waals surface area (Å²) in [5, 5.41) is 6.30. The number of nitrogens with zero attached hydrogens (tertiary/aromatic N) is 1. The van der Waals surface area contributed by atoms with Gasteiger partial charge in [0.05, 0.1) is 26.4 Å². The second-order valence-electron chi connectivity index (χ2n) is 5.82. The Bertz CT molecular complexity index is 521. The van der Waals surface area contributed by atoms with Crippen LogP contribution in [0.2, 0.25) is 0 Å². The van der Waals surface area contributed by atoms with Crippen LogP contribution in [0.1, 0.15) is 26.7 Å². The van der Waals surface area contributed by atoms with E-state index in [-0.39, 0.29) is 41.6 Å². The van der Waals surface area contributed by atoms with Gasteiger partial charge >= 0.3 is 0 Å². The van der Waals surface area contributed by atoms with Gasteiger partial charge in [-0.2, -0.15) is 0 Å². The highest BCUT2D eigenvalue weighted by Crippen LogP contribution is 2.16. The smallest absolute Gasteiger partial charge is 0.191 e. The summed E-state index contributed by atoms with van der Waals surface area (Å²) < 4.78 is 30.1. The molecule has 1 rings (SSSR count). The third-order valence-electron chi connectivity index (χ3n) is 3.50. The maximum atomic E-state index is 13.6. The van der Waals surface area contributed by atoms with Crippen LogP contribution < -0.4 is 15.4 Å². The molecule has 1 unspecified atom stereocenters. The molecule has 156 valence electrons. The highest BCUT2D eigenvalue weighted by molar-refractivity contribution is 14.0. The van der Waals surface area contributed by atoms with Crippen LogP contribution in [-0.2, 0) is 9.47 Å². The van der Waals surface area contributed by atoms with Crippen molar-refractivity contribution in [3.05, 3.63) is 30.1 Å². The predicted octanol–water partition coefficient (Wildman–Crippen LogP) is 3.21. The highest BCUT2D eigenvalue weighted by atomic mass is 127. The van der Waals surface area contributed by atoms with E-state index in [2.05, 4.69) is 22.5 Å². The lowest BCUT2D eigenvalue weighted by atomic mass is 10.3. The summed E-state index contributed by atoms with van der Waals surface area (Å²) >= 11 is 0. The molecule has 1 atom stereocenters. The van der Waals surface area contributed by atoms with E-state index in [0.29, 0.717) is 38.9 Å². The Morgan fingerprint density at radius 1 is 1.11 bits per heavy atom. The molecule has 0 aromatic heterocycles. The van der Waals surface area contributed by atoms with Crippen molar-refractivity contribution in [3.8, 4) is 5.75 Å². The predicted molar refractivity (Wildman–Crippen MR) is 118 cm³/mol. The van der Waals surface area contributed by atoms with Gasteiger partial charge in [0.25, 0.3) is 0 Å². The van der Waals surface area contributed by atoms with E-state index in [9.17, 15) is 4.39 Å². The maximum absolute atomic E-state index is 13.6. The third kappa shape index (κ3) is 12.8. The number of aliphatic imine (C=N–C) groups is 1. The zero-order chi connectivity index (χ0) is 19.0. The average molecular weight is 497 g/mol. The summed E-state index contributed by atoms with van der Waals surface area (Å²) in [4.78, 5) is 4.14. The van der Waals surface area contributed by atoms with Gasteiger partial charge in [0, 0.05) is 20.2 Å². The van der Waals surface area contributed by atoms with Crippen molar-refractivity contribution in [1.82, 2.24) is 10.6 Å². The van der Waals surface area contributed by atoms with Gasteiger partial charge in [-0.1, -0.05) is 25.5 Å². The Morgan fingerprint density at radius 2 is 1.81 bits per heavy atom. The van der Waals surface area contributed by atoms with E-state index in [4.69, 9.17) is 14.2 Å². The van der Waals surface area contributed by atoms with E-state index in [0.717, 1.165) is 19.4 Å². The fourth-order valence-corrected chi connectivity index (χ4v) is 2.07. The lowest BCUT2D eigenvalue weighted by Crippen LogP contribution is -2.42. The summed E-state index contributed by atoms with van der Waals surface area (Å²) in [6, 6.07) is 6.37. The van der Waals surface area contributed by atoms with Crippen molar-refractivity contribution in [2.24, 2.45) is 4.99 Å². The number of rotatable bonds is 13. The van der Waals surface area contributed by atoms with Crippen LogP contribution in [0.4, 0.5) is 4.39 Å². The topological polar surface area (TPSA) is 64.1 Å². The van der Waals surface area contributed by atoms with Gasteiger partial charge in [-0.05, 0) is 25.5 Å². The molecular formula is C19H33FIN3O3. The molecule has 0 aliphatic heterocycles. The van der Waals surface area contributed by atoms with E-state index >= 15 is 0 Å². The Labute approximate surface area is 179 Å². The summed E-state index contributed by atoms with van der Waals surface area (Å²) in [7, 11) is 1.69. The van der Waals surface area contributed by atoms with Gasteiger partial charge < -0.3 is 24.8 Å². The molecule has 1 aromatic carbocycles. The third-order valence-corrected chi connectivity index (χ3v) is 3.50. The van der Waals surface area contributed by atoms with Gasteiger partial charge in [0.1, 0.15) is 6.10 Å². The fourth-order valence-electron chi connectivity index (χ4n) is 2.07. The van der Waals surface area contributed by atoms with Crippen molar-refractivity contribution < 1.29 is 18.6 Å². The molecule has 0 bridgehead atoms. The molecule has 0 radical (unpaired) electrons. The van der Waals surface area contributed by atoms with E-state index in [1.54, 1.807) is 25.2 Å². The Hall–Kier alpha value is -1.13. The minimum absolute atomic E-state index is 0. The molecule has 0 saturated heterocycles. The normalized spacial score (nSPS) is 12.2. The van der Waals surface area contributed by atoms with Crippen molar-refractivity contribution >= 4 is 29.9 Å². The molecule has 0 aliphatic carbocycles. The van der Waals surface area contributed by atoms with Crippen LogP contribution in [0.3, 0.4) is 0 Å². The lowest BCUT2D eigenvalue weighted by Gasteiger charge is -2.18. The van der Waals surface area contributed by atoms with Crippen molar-refractivity contribution in [3.63, 3.8) is 0 Å². The Balaban J connectivity index is 0.00000676. The molecule has 0 amide bonds. The quantitative estimate of drug-likeness (QED) is 0.190. The second kappa shape index (κ2) is 17.0. The number of unbranched alkanes of at least 4 members (excludes halogenated alkanes) is 1. The Kier molecular flexibility index (Phi) is 16.3. The number of para-hydroxylation sites is 1. The number of hydrogen-bond donors (Lipinski definition) is 2. The summed E-state index contributed by atoms with van der Waals surface area (Å²) in [6.07, 6.45) is 2.02. The monoisotopic (exact) mass is 497 g/mol. The number of nitrogens with one attached hydrogen (secondary N) is 2. The second-order valence-corrected chi connectivity index (χ2v) is 5.82. The van der Waals surface area contributed by atoms with Crippen LogP contribution >= 0.6 is 24.0 Å². The number of guanidine groups is 1. The highest BCUT2D eigenvalue weighted by Gasteiger charge is 2.08. The molecule has 27 heavy (non-hydrogen) atoms. The van der Waals surface area contributed by atoms with Crippen LogP contribution in [0.25, 0.3) is 0 Å². The summed E-state index contributed by atoms with van der Waals surface area (Å²) in [5.41, 5.74) is 0. The zero-order valence-electron chi connectivity index (χ0n) is 16.5. The van der Waals surface area contributed by atoms with E-state index in [1.807, 2.05) is 6.92 Å². The zero-order valence-corrected chi connectivity index (χ0v) is 18.8. The first-order valence-electron chi connectivity index (χ1n) is 9.18. The standard InChI is InChI=1S/C19H32FN3O3.HI/c1-4-5-11-24-13-14-25-12-10-22-19(21-3)23-15-16(2)26-18-9-7-6-8-17(18)20;/h6-9,16H,4-5,10-15H2,1-3H3,(H2,21,22,23);1H. The number of halogens is 2. The lowest BCUT2D eigenvalue weighted by molar-refractivity contribution is 0.0487. The van der Waals surface area contributed by atoms with Crippen LogP contribution in [0.15, 0.2) is 29.3 Å². The van der Waals surface area contributed by atoms with Gasteiger partial charge in [-0.15, -0.1) is 24.0 Å². The Morgan fingerprint density at radius 3 is 2.48 bits per heavy atom. The van der Waals surface area contributed by atoms with Crippen LogP contribution in [0.5, 0.6) is 5.75 Å². The van der Waals surface area contributed by atoms with Gasteiger partial charge in [-0.25, -0.2) is 4.39 Å². The molecule has 0 fully saturated rings. The molecule has 0 heterocycles. The number of benzene rings is 1. The first-order chi connectivity index (χ1) is 12.7. The number of hydrogen-bond acceptors (Lipinski definition) is 4. The minimum atomic E-state index is -0.363. The van der Waals surface area contributed by atoms with Crippen LogP contribution in [-0.4, -0.2) is 58.6 Å². The molecule has 0 saturated carbocycles. The van der Waals surface area contributed by atoms with Crippen molar-refractivity contribution in [2.45, 2.75) is 32.8 Å². The molecule has 8 heteroatoms. The SMILES string of the molecule is CCCCOCCOCCNC(=NC)NCC(C)Oc1ccccc1F.I. The van der Waals surface area contributed by atoms with Gasteiger partial charge in [0.2, 0.25) is 0 Å². The first kappa shape index (κ1) is 25.9. The summed E-state index contributed by atoms with van der Waals surface area (Å²) in [6.45, 7) is 7.72. The summed E-state index contributed by atoms with van der Waals surface area (Å²) in [5.74, 6) is 0.536. The average Bonchev–Trinajstić information content (AvgIpc) is 2.64. The largest absolute Gasteiger partial charge is 0.486 e. The molecule has 1 aromatic rings. The minimum Gasteiger partial charge on any atom is -0.486 e. The van der Waals surface area contributed by atoms with Crippen molar-refractivity contribution in [2.75, 3.05) is 46.6 Å². The first-order valence-corrected chi connectivity index (χ1v) is 9.18. The fraction of sp³-hybridized carbons (Fsp3) is 0.632. The molecule has 2 N–H and O–H groups in total. The van der Waals surface area contributed by atoms with E-state index in [1.165, 1.54) is 6.07 Å². The van der Waals surface area contributed by atoms with Crippen molar-refractivity contribution in [1.29, 1.82) is 0 Å². The molecule has 0 aliphatic rings. The van der Waals surface area contributed by atoms with E-state index < -0.39 is 0 Å². The molecular weight excluding hydrogens is 464 g/mol. The molecule has 6 nitrogen and oxygen atoms in total. The molecule has 0 spiro atoms. The number of ether oxygens (including phenoxy) is 3. The maximum Gasteiger partial charge on any atom is 0.191 e.